The second-order valence-electron chi connectivity index (χ2n) is 20.4. The SMILES string of the molecule is C.C.CN1CCN(C2CC(N(C)C(C)(C)C)C2)CC1.CN1CCN(C2CC(NC(C)(C)C)C2)CC1.CN1CCN([C@@H]2CC[C@H](NC(C)(C)C)C2)CC1. The predicted octanol–water partition coefficient (Wildman–Crippen LogP) is 5.46. The third-order valence-electron chi connectivity index (χ3n) is 12.6. The zero-order valence-electron chi connectivity index (χ0n) is 35.5. The lowest BCUT2D eigenvalue weighted by atomic mass is 9.82. The molecule has 6 aliphatic rings. The van der Waals surface area contributed by atoms with E-state index in [1.165, 1.54) is 123 Å². The van der Waals surface area contributed by atoms with Gasteiger partial charge in [-0.2, -0.15) is 0 Å². The Morgan fingerprint density at radius 3 is 1.13 bits per heavy atom. The molecule has 6 rings (SSSR count). The number of hydrogen-bond donors (Lipinski definition) is 2. The summed E-state index contributed by atoms with van der Waals surface area (Å²) in [4.78, 5) is 18.0. The summed E-state index contributed by atoms with van der Waals surface area (Å²) in [5.74, 6) is 0. The van der Waals surface area contributed by atoms with E-state index in [1.807, 2.05) is 0 Å². The van der Waals surface area contributed by atoms with E-state index < -0.39 is 0 Å². The van der Waals surface area contributed by atoms with Crippen LogP contribution in [0, 0.1) is 0 Å². The summed E-state index contributed by atoms with van der Waals surface area (Å²) in [5.41, 5.74) is 0.858. The van der Waals surface area contributed by atoms with Gasteiger partial charge < -0.3 is 25.3 Å². The molecule has 0 aromatic heterocycles. The van der Waals surface area contributed by atoms with Crippen LogP contribution in [0.15, 0.2) is 0 Å². The minimum absolute atomic E-state index is 0. The number of nitrogens with zero attached hydrogens (tertiary/aromatic N) is 7. The number of hydrogen-bond acceptors (Lipinski definition) is 9. The fourth-order valence-electron chi connectivity index (χ4n) is 8.93. The fraction of sp³-hybridized carbons (Fsp3) is 1.00. The van der Waals surface area contributed by atoms with Crippen molar-refractivity contribution in [2.45, 2.75) is 175 Å². The molecule has 9 heteroatoms. The van der Waals surface area contributed by atoms with Crippen molar-refractivity contribution in [3.8, 4) is 0 Å². The third-order valence-corrected chi connectivity index (χ3v) is 12.6. The highest BCUT2D eigenvalue weighted by Crippen LogP contribution is 2.33. The lowest BCUT2D eigenvalue weighted by molar-refractivity contribution is -0.0124. The first kappa shape index (κ1) is 47.8. The highest BCUT2D eigenvalue weighted by molar-refractivity contribution is 4.97. The minimum atomic E-state index is 0. The quantitative estimate of drug-likeness (QED) is 0.371. The molecule has 310 valence electrons. The maximum Gasteiger partial charge on any atom is 0.0127 e. The molecule has 9 nitrogen and oxygen atoms in total. The van der Waals surface area contributed by atoms with Crippen molar-refractivity contribution >= 4 is 0 Å². The van der Waals surface area contributed by atoms with Crippen molar-refractivity contribution in [2.75, 3.05) is 107 Å². The van der Waals surface area contributed by atoms with E-state index in [1.54, 1.807) is 0 Å². The summed E-state index contributed by atoms with van der Waals surface area (Å²) in [7, 11) is 8.97. The van der Waals surface area contributed by atoms with Crippen molar-refractivity contribution < 1.29 is 0 Å². The van der Waals surface area contributed by atoms with E-state index >= 15 is 0 Å². The Bertz CT molecular complexity index is 951. The summed E-state index contributed by atoms with van der Waals surface area (Å²) in [6.07, 6.45) is 9.53. The molecule has 0 aromatic carbocycles. The first-order chi connectivity index (χ1) is 23.3. The van der Waals surface area contributed by atoms with E-state index in [0.29, 0.717) is 5.54 Å². The zero-order valence-corrected chi connectivity index (χ0v) is 35.5. The zero-order chi connectivity index (χ0) is 36.9. The number of nitrogens with one attached hydrogen (secondary N) is 2. The molecule has 0 amide bonds. The number of piperazine rings is 3. The Labute approximate surface area is 325 Å². The highest BCUT2D eigenvalue weighted by atomic mass is 15.3. The van der Waals surface area contributed by atoms with Crippen LogP contribution in [0.2, 0.25) is 0 Å². The molecule has 2 N–H and O–H groups in total. The molecule has 3 aliphatic heterocycles. The molecule has 0 bridgehead atoms. The van der Waals surface area contributed by atoms with Crippen LogP contribution in [0.3, 0.4) is 0 Å². The van der Waals surface area contributed by atoms with Crippen molar-refractivity contribution in [2.24, 2.45) is 0 Å². The number of rotatable bonds is 6. The molecular formula is C43H93N9. The predicted molar refractivity (Wildman–Crippen MR) is 229 cm³/mol. The highest BCUT2D eigenvalue weighted by Gasteiger charge is 2.40. The van der Waals surface area contributed by atoms with Crippen LogP contribution in [0.1, 0.15) is 122 Å². The first-order valence-electron chi connectivity index (χ1n) is 20.8. The maximum absolute atomic E-state index is 3.76. The van der Waals surface area contributed by atoms with Crippen molar-refractivity contribution in [1.29, 1.82) is 0 Å². The van der Waals surface area contributed by atoms with Crippen molar-refractivity contribution in [3.05, 3.63) is 0 Å². The summed E-state index contributed by atoms with van der Waals surface area (Å²) in [6, 6.07) is 4.85. The van der Waals surface area contributed by atoms with Crippen LogP contribution < -0.4 is 10.6 Å². The summed E-state index contributed by atoms with van der Waals surface area (Å²) >= 11 is 0. The Kier molecular flexibility index (Phi) is 19.0. The Morgan fingerprint density at radius 2 is 0.769 bits per heavy atom. The van der Waals surface area contributed by atoms with Crippen LogP contribution in [0.5, 0.6) is 0 Å². The van der Waals surface area contributed by atoms with Gasteiger partial charge in [0.2, 0.25) is 0 Å². The van der Waals surface area contributed by atoms with Crippen LogP contribution in [-0.4, -0.2) is 194 Å². The fourth-order valence-corrected chi connectivity index (χ4v) is 8.93. The van der Waals surface area contributed by atoms with Crippen LogP contribution in [0.4, 0.5) is 0 Å². The van der Waals surface area contributed by atoms with Crippen molar-refractivity contribution in [1.82, 2.24) is 44.9 Å². The molecular weight excluding hydrogens is 643 g/mol. The van der Waals surface area contributed by atoms with Gasteiger partial charge in [-0.25, -0.2) is 0 Å². The normalized spacial score (nSPS) is 32.0. The van der Waals surface area contributed by atoms with E-state index in [-0.39, 0.29) is 25.9 Å². The van der Waals surface area contributed by atoms with Gasteiger partial charge in [0, 0.05) is 131 Å². The van der Waals surface area contributed by atoms with Gasteiger partial charge in [0.05, 0.1) is 0 Å². The average Bonchev–Trinajstić information content (AvgIpc) is 3.42. The lowest BCUT2D eigenvalue weighted by Gasteiger charge is -2.51. The number of likely N-dealkylation sites (N-methyl/N-ethyl adjacent to an activating group) is 3. The monoisotopic (exact) mass is 736 g/mol. The van der Waals surface area contributed by atoms with Gasteiger partial charge in [-0.05, 0) is 135 Å². The largest absolute Gasteiger partial charge is 0.309 e. The Hall–Kier alpha value is -0.360. The van der Waals surface area contributed by atoms with E-state index in [0.717, 1.165) is 36.3 Å². The molecule has 0 radical (unpaired) electrons. The summed E-state index contributed by atoms with van der Waals surface area (Å²) < 4.78 is 0. The Morgan fingerprint density at radius 1 is 0.442 bits per heavy atom. The van der Waals surface area contributed by atoms with Gasteiger partial charge in [0.25, 0.3) is 0 Å². The van der Waals surface area contributed by atoms with Gasteiger partial charge in [0.15, 0.2) is 0 Å². The minimum Gasteiger partial charge on any atom is -0.309 e. The third kappa shape index (κ3) is 15.6. The van der Waals surface area contributed by atoms with Crippen LogP contribution in [0.25, 0.3) is 0 Å². The molecule has 3 aliphatic carbocycles. The van der Waals surface area contributed by atoms with Gasteiger partial charge in [-0.3, -0.25) is 19.6 Å². The Balaban J connectivity index is 0.000000265. The van der Waals surface area contributed by atoms with Gasteiger partial charge in [-0.15, -0.1) is 0 Å². The van der Waals surface area contributed by atoms with E-state index in [2.05, 4.69) is 135 Å². The van der Waals surface area contributed by atoms with Crippen LogP contribution in [-0.2, 0) is 0 Å². The summed E-state index contributed by atoms with van der Waals surface area (Å²) in [5, 5.41) is 7.46. The van der Waals surface area contributed by atoms with Gasteiger partial charge in [0.1, 0.15) is 0 Å². The second kappa shape index (κ2) is 20.7. The van der Waals surface area contributed by atoms with E-state index in [4.69, 9.17) is 0 Å². The molecule has 2 atom stereocenters. The molecule has 3 saturated heterocycles. The molecule has 52 heavy (non-hydrogen) atoms. The van der Waals surface area contributed by atoms with Crippen LogP contribution >= 0.6 is 0 Å². The second-order valence-corrected chi connectivity index (χ2v) is 20.4. The first-order valence-corrected chi connectivity index (χ1v) is 20.8. The van der Waals surface area contributed by atoms with Gasteiger partial charge in [-0.1, -0.05) is 14.9 Å². The summed E-state index contributed by atoms with van der Waals surface area (Å²) in [6.45, 7) is 35.6. The average molecular weight is 736 g/mol. The van der Waals surface area contributed by atoms with E-state index in [9.17, 15) is 0 Å². The lowest BCUT2D eigenvalue weighted by Crippen LogP contribution is -2.60. The van der Waals surface area contributed by atoms with Gasteiger partial charge >= 0.3 is 0 Å². The molecule has 0 spiro atoms. The van der Waals surface area contributed by atoms with Crippen molar-refractivity contribution in [3.63, 3.8) is 0 Å². The molecule has 3 saturated carbocycles. The smallest absolute Gasteiger partial charge is 0.0127 e. The molecule has 0 unspecified atom stereocenters. The molecule has 0 aromatic rings. The molecule has 3 heterocycles. The molecule has 6 fully saturated rings. The maximum atomic E-state index is 3.76. The topological polar surface area (TPSA) is 46.7 Å². The standard InChI is InChI=1S/2C14H29N3.C13H27N3.2CH4/c1-14(2,3)16(5)12-10-13(11-12)17-8-6-15(4)7-9-17;1-14(2,3)15-12-5-6-13(11-12)17-9-7-16(4)8-10-17;1-13(2,3)14-11-9-12(10-11)16-7-5-15(4)6-8-16;;/h12-13H,6-11H2,1-5H3;12-13,15H,5-11H2,1-4H3;11-12,14H,5-10H2,1-4H3;2*1H4/t;12-,13+;;;/m.0.../s1.